The fourth-order valence-electron chi connectivity index (χ4n) is 5.15. The maximum atomic E-state index is 14.6. The first-order valence-corrected chi connectivity index (χ1v) is 16.9. The molecule has 0 saturated heterocycles. The molecule has 248 valence electrons. The van der Waals surface area contributed by atoms with Gasteiger partial charge in [-0.15, -0.1) is 0 Å². The predicted molar refractivity (Wildman–Crippen MR) is 184 cm³/mol. The molecule has 0 radical (unpaired) electrons. The van der Waals surface area contributed by atoms with Gasteiger partial charge in [0.15, 0.2) is 11.5 Å². The number of rotatable bonds is 14. The van der Waals surface area contributed by atoms with Crippen LogP contribution in [0.25, 0.3) is 0 Å². The largest absolute Gasteiger partial charge is 0.493 e. The van der Waals surface area contributed by atoms with Crippen molar-refractivity contribution in [1.29, 1.82) is 0 Å². The van der Waals surface area contributed by atoms with Crippen molar-refractivity contribution < 1.29 is 27.5 Å². The van der Waals surface area contributed by atoms with E-state index >= 15 is 0 Å². The molecule has 0 fully saturated rings. The third-order valence-corrected chi connectivity index (χ3v) is 9.66. The first-order chi connectivity index (χ1) is 22.4. The minimum Gasteiger partial charge on any atom is -0.493 e. The molecule has 0 bridgehead atoms. The number of aryl methyl sites for hydroxylation is 1. The van der Waals surface area contributed by atoms with Gasteiger partial charge in [-0.2, -0.15) is 0 Å². The second-order valence-electron chi connectivity index (χ2n) is 11.3. The maximum Gasteiger partial charge on any atom is 0.264 e. The van der Waals surface area contributed by atoms with Gasteiger partial charge < -0.3 is 19.7 Å². The molecule has 4 aromatic carbocycles. The lowest BCUT2D eigenvalue weighted by Gasteiger charge is -2.34. The number of nitrogens with one attached hydrogen (secondary N) is 1. The summed E-state index contributed by atoms with van der Waals surface area (Å²) < 4.78 is 40.4. The molecule has 0 aliphatic rings. The lowest BCUT2D eigenvalue weighted by molar-refractivity contribution is -0.140. The van der Waals surface area contributed by atoms with Crippen molar-refractivity contribution in [3.8, 4) is 11.5 Å². The topological polar surface area (TPSA) is 105 Å². The van der Waals surface area contributed by atoms with Crippen LogP contribution in [0.2, 0.25) is 5.02 Å². The lowest BCUT2D eigenvalue weighted by atomic mass is 10.0. The van der Waals surface area contributed by atoms with Gasteiger partial charge in [-0.05, 0) is 73.9 Å². The van der Waals surface area contributed by atoms with E-state index in [0.717, 1.165) is 21.0 Å². The molecular formula is C36H40ClN3O6S. The summed E-state index contributed by atoms with van der Waals surface area (Å²) in [6.07, 6.45) is 0.223. The SMILES string of the molecule is COc1ccc(S(=O)(=O)N(CC(=O)N(Cc2ccccc2C)[C@H](Cc2ccccc2)C(=O)NC(C)C)c2ccc(Cl)cc2)cc1OC. The Kier molecular flexibility index (Phi) is 11.9. The van der Waals surface area contributed by atoms with Crippen LogP contribution < -0.4 is 19.1 Å². The number of sulfonamides is 1. The van der Waals surface area contributed by atoms with E-state index in [1.165, 1.54) is 49.5 Å². The highest BCUT2D eigenvalue weighted by Gasteiger charge is 2.35. The number of hydrogen-bond donors (Lipinski definition) is 1. The molecule has 0 unspecified atom stereocenters. The minimum atomic E-state index is -4.35. The van der Waals surface area contributed by atoms with Crippen molar-refractivity contribution >= 4 is 39.1 Å². The Labute approximate surface area is 282 Å². The van der Waals surface area contributed by atoms with Crippen molar-refractivity contribution in [1.82, 2.24) is 10.2 Å². The summed E-state index contributed by atoms with van der Waals surface area (Å²) in [4.78, 5) is 29.8. The molecule has 0 saturated carbocycles. The van der Waals surface area contributed by atoms with Crippen LogP contribution in [0.15, 0.2) is 102 Å². The average molecular weight is 678 g/mol. The number of amides is 2. The summed E-state index contributed by atoms with van der Waals surface area (Å²) in [5.41, 5.74) is 2.84. The van der Waals surface area contributed by atoms with E-state index in [9.17, 15) is 18.0 Å². The molecule has 11 heteroatoms. The Balaban J connectivity index is 1.83. The van der Waals surface area contributed by atoms with E-state index < -0.39 is 28.5 Å². The Morgan fingerprint density at radius 1 is 0.851 bits per heavy atom. The normalized spacial score (nSPS) is 11.9. The summed E-state index contributed by atoms with van der Waals surface area (Å²) in [5.74, 6) is -0.339. The van der Waals surface area contributed by atoms with Crippen LogP contribution >= 0.6 is 11.6 Å². The molecule has 0 spiro atoms. The predicted octanol–water partition coefficient (Wildman–Crippen LogP) is 6.03. The van der Waals surface area contributed by atoms with Gasteiger partial charge in [-0.3, -0.25) is 13.9 Å². The van der Waals surface area contributed by atoms with E-state index in [1.54, 1.807) is 12.1 Å². The highest BCUT2D eigenvalue weighted by atomic mass is 35.5. The molecule has 9 nitrogen and oxygen atoms in total. The number of nitrogens with zero attached hydrogens (tertiary/aromatic N) is 2. The molecule has 0 aromatic heterocycles. The highest BCUT2D eigenvalue weighted by Crippen LogP contribution is 2.33. The molecule has 1 atom stereocenters. The third-order valence-electron chi connectivity index (χ3n) is 7.64. The second kappa shape index (κ2) is 15.8. The van der Waals surface area contributed by atoms with Gasteiger partial charge >= 0.3 is 0 Å². The first-order valence-electron chi connectivity index (χ1n) is 15.1. The van der Waals surface area contributed by atoms with Gasteiger partial charge in [-0.25, -0.2) is 8.42 Å². The van der Waals surface area contributed by atoms with Crippen molar-refractivity contribution in [2.45, 2.75) is 50.7 Å². The van der Waals surface area contributed by atoms with Gasteiger partial charge in [0.25, 0.3) is 10.0 Å². The van der Waals surface area contributed by atoms with Crippen molar-refractivity contribution in [2.24, 2.45) is 0 Å². The van der Waals surface area contributed by atoms with Crippen LogP contribution in [0, 0.1) is 6.92 Å². The molecule has 2 amide bonds. The molecule has 1 N–H and O–H groups in total. The van der Waals surface area contributed by atoms with Gasteiger partial charge in [-0.1, -0.05) is 66.2 Å². The molecule has 4 aromatic rings. The van der Waals surface area contributed by atoms with Crippen molar-refractivity contribution in [3.05, 3.63) is 119 Å². The number of hydrogen-bond acceptors (Lipinski definition) is 6. The van der Waals surface area contributed by atoms with Crippen LogP contribution in [-0.2, 0) is 32.6 Å². The van der Waals surface area contributed by atoms with Crippen LogP contribution in [0.4, 0.5) is 5.69 Å². The molecule has 0 heterocycles. The van der Waals surface area contributed by atoms with Crippen molar-refractivity contribution in [3.63, 3.8) is 0 Å². The number of ether oxygens (including phenoxy) is 2. The zero-order chi connectivity index (χ0) is 34.1. The minimum absolute atomic E-state index is 0.0827. The lowest BCUT2D eigenvalue weighted by Crippen LogP contribution is -2.54. The molecule has 0 aliphatic carbocycles. The maximum absolute atomic E-state index is 14.6. The van der Waals surface area contributed by atoms with E-state index in [-0.39, 0.29) is 41.2 Å². The standard InChI is InChI=1S/C36H40ClN3O6S/c1-25(2)38-36(42)32(21-27-12-7-6-8-13-27)39(23-28-14-10-9-11-26(28)3)35(41)24-40(30-17-15-29(37)16-18-30)47(43,44)31-19-20-33(45-4)34(22-31)46-5/h6-20,22,25,32H,21,23-24H2,1-5H3,(H,38,42)/t32-/m1/s1. The van der Waals surface area contributed by atoms with Gasteiger partial charge in [0.1, 0.15) is 12.6 Å². The van der Waals surface area contributed by atoms with E-state index in [4.69, 9.17) is 21.1 Å². The Bertz CT molecular complexity index is 1780. The Morgan fingerprint density at radius 3 is 2.11 bits per heavy atom. The summed E-state index contributed by atoms with van der Waals surface area (Å²) in [6.45, 7) is 5.12. The van der Waals surface area contributed by atoms with Gasteiger partial charge in [0.05, 0.1) is 24.8 Å². The number of anilines is 1. The smallest absolute Gasteiger partial charge is 0.264 e. The van der Waals surface area contributed by atoms with Crippen LogP contribution in [0.5, 0.6) is 11.5 Å². The molecular weight excluding hydrogens is 638 g/mol. The van der Waals surface area contributed by atoms with Crippen LogP contribution in [-0.4, -0.2) is 58.0 Å². The average Bonchev–Trinajstić information content (AvgIpc) is 3.06. The number of carbonyl (C=O) groups excluding carboxylic acids is 2. The van der Waals surface area contributed by atoms with Gasteiger partial charge in [0, 0.05) is 30.1 Å². The number of benzene rings is 4. The van der Waals surface area contributed by atoms with Crippen molar-refractivity contribution in [2.75, 3.05) is 25.1 Å². The monoisotopic (exact) mass is 677 g/mol. The van der Waals surface area contributed by atoms with E-state index in [1.807, 2.05) is 75.4 Å². The Hall–Kier alpha value is -4.54. The van der Waals surface area contributed by atoms with Crippen LogP contribution in [0.3, 0.4) is 0 Å². The summed E-state index contributed by atoms with van der Waals surface area (Å²) >= 11 is 6.16. The van der Waals surface area contributed by atoms with Gasteiger partial charge in [0.2, 0.25) is 11.8 Å². The molecule has 47 heavy (non-hydrogen) atoms. The molecule has 0 aliphatic heterocycles. The summed E-state index contributed by atoms with van der Waals surface area (Å²) in [7, 11) is -1.49. The second-order valence-corrected chi connectivity index (χ2v) is 13.6. The molecule has 4 rings (SSSR count). The van der Waals surface area contributed by atoms with Crippen LogP contribution in [0.1, 0.15) is 30.5 Å². The quantitative estimate of drug-likeness (QED) is 0.175. The van der Waals surface area contributed by atoms with E-state index in [0.29, 0.717) is 10.8 Å². The number of halogens is 1. The fraction of sp³-hybridized carbons (Fsp3) is 0.278. The summed E-state index contributed by atoms with van der Waals surface area (Å²) in [5, 5.41) is 3.37. The zero-order valence-corrected chi connectivity index (χ0v) is 28.7. The summed E-state index contributed by atoms with van der Waals surface area (Å²) in [6, 6.07) is 26.3. The number of methoxy groups -OCH3 is 2. The number of carbonyl (C=O) groups is 2. The fourth-order valence-corrected chi connectivity index (χ4v) is 6.70. The third kappa shape index (κ3) is 8.84. The Morgan fingerprint density at radius 2 is 1.49 bits per heavy atom. The first kappa shape index (κ1) is 35.3. The van der Waals surface area contributed by atoms with E-state index in [2.05, 4.69) is 5.32 Å². The highest BCUT2D eigenvalue weighted by molar-refractivity contribution is 7.92. The zero-order valence-electron chi connectivity index (χ0n) is 27.1.